The standard InChI is InChI=1S/C24H23ClN6O3/c1-4-29(5-2)17-7-9-18(10-8-17)30-27-21-12-15(3)20(14-22(21)28-30)26-24(32)16-6-11-19(25)23(13-16)31(33)34/h6-14H,4-5H2,1-3H3,(H,26,32). The largest absolute Gasteiger partial charge is 0.372 e. The first-order chi connectivity index (χ1) is 16.3. The minimum absolute atomic E-state index is 0.0270. The highest BCUT2D eigenvalue weighted by atomic mass is 35.5. The van der Waals surface area contributed by atoms with Gasteiger partial charge in [0.1, 0.15) is 16.1 Å². The van der Waals surface area contributed by atoms with E-state index in [1.54, 1.807) is 10.9 Å². The molecule has 0 atom stereocenters. The summed E-state index contributed by atoms with van der Waals surface area (Å²) in [6.07, 6.45) is 0. The van der Waals surface area contributed by atoms with Gasteiger partial charge in [-0.05, 0) is 74.9 Å². The molecule has 1 amide bonds. The fourth-order valence-electron chi connectivity index (χ4n) is 3.69. The number of hydrogen-bond donors (Lipinski definition) is 1. The highest BCUT2D eigenvalue weighted by Crippen LogP contribution is 2.27. The third-order valence-electron chi connectivity index (χ3n) is 5.59. The Morgan fingerprint density at radius 3 is 2.32 bits per heavy atom. The zero-order valence-electron chi connectivity index (χ0n) is 18.9. The van der Waals surface area contributed by atoms with Crippen LogP contribution in [0.25, 0.3) is 16.7 Å². The Bertz CT molecular complexity index is 1380. The van der Waals surface area contributed by atoms with Crippen molar-refractivity contribution in [2.45, 2.75) is 20.8 Å². The zero-order chi connectivity index (χ0) is 24.4. The fourth-order valence-corrected chi connectivity index (χ4v) is 3.88. The van der Waals surface area contributed by atoms with Gasteiger partial charge in [-0.25, -0.2) is 0 Å². The smallest absolute Gasteiger partial charge is 0.288 e. The van der Waals surface area contributed by atoms with Crippen molar-refractivity contribution in [2.24, 2.45) is 0 Å². The van der Waals surface area contributed by atoms with Crippen LogP contribution in [0.15, 0.2) is 54.6 Å². The predicted octanol–water partition coefficient (Wildman–Crippen LogP) is 5.39. The molecule has 4 aromatic rings. The van der Waals surface area contributed by atoms with Crippen LogP contribution in [0.1, 0.15) is 29.8 Å². The van der Waals surface area contributed by atoms with E-state index in [2.05, 4.69) is 34.3 Å². The van der Waals surface area contributed by atoms with Gasteiger partial charge in [0.2, 0.25) is 0 Å². The molecular formula is C24H23ClN6O3. The lowest BCUT2D eigenvalue weighted by Crippen LogP contribution is -2.21. The molecule has 0 aliphatic heterocycles. The zero-order valence-corrected chi connectivity index (χ0v) is 19.7. The number of nitrogens with one attached hydrogen (secondary N) is 1. The van der Waals surface area contributed by atoms with E-state index in [4.69, 9.17) is 11.6 Å². The third kappa shape index (κ3) is 4.55. The first-order valence-electron chi connectivity index (χ1n) is 10.8. The summed E-state index contributed by atoms with van der Waals surface area (Å²) in [5, 5.41) is 23.0. The minimum atomic E-state index is -0.622. The number of aryl methyl sites for hydroxylation is 1. The summed E-state index contributed by atoms with van der Waals surface area (Å²) in [6, 6.07) is 15.5. The van der Waals surface area contributed by atoms with E-state index in [-0.39, 0.29) is 16.3 Å². The molecule has 0 aliphatic carbocycles. The molecule has 0 saturated heterocycles. The average molecular weight is 479 g/mol. The predicted molar refractivity (Wildman–Crippen MR) is 133 cm³/mol. The van der Waals surface area contributed by atoms with Gasteiger partial charge in [0.25, 0.3) is 11.6 Å². The molecule has 0 aliphatic rings. The Hall–Kier alpha value is -3.98. The normalized spacial score (nSPS) is 10.9. The lowest BCUT2D eigenvalue weighted by molar-refractivity contribution is -0.384. The number of nitrogens with zero attached hydrogens (tertiary/aromatic N) is 5. The van der Waals surface area contributed by atoms with Gasteiger partial charge in [-0.2, -0.15) is 4.80 Å². The van der Waals surface area contributed by atoms with E-state index in [1.165, 1.54) is 12.1 Å². The van der Waals surface area contributed by atoms with Gasteiger partial charge in [-0.15, -0.1) is 10.2 Å². The number of rotatable bonds is 7. The second kappa shape index (κ2) is 9.48. The first kappa shape index (κ1) is 23.2. The number of amides is 1. The van der Waals surface area contributed by atoms with Crippen molar-refractivity contribution in [2.75, 3.05) is 23.3 Å². The maximum atomic E-state index is 12.7. The summed E-state index contributed by atoms with van der Waals surface area (Å²) in [5.74, 6) is -0.485. The molecule has 1 N–H and O–H groups in total. The molecule has 0 bridgehead atoms. The van der Waals surface area contributed by atoms with Crippen molar-refractivity contribution in [3.63, 3.8) is 0 Å². The number of carbonyl (C=O) groups excluding carboxylic acids is 1. The molecule has 0 unspecified atom stereocenters. The molecule has 174 valence electrons. The number of hydrogen-bond acceptors (Lipinski definition) is 6. The summed E-state index contributed by atoms with van der Waals surface area (Å²) in [5.41, 5.74) is 4.38. The van der Waals surface area contributed by atoms with E-state index in [9.17, 15) is 14.9 Å². The van der Waals surface area contributed by atoms with E-state index in [1.807, 2.05) is 37.3 Å². The number of anilines is 2. The Morgan fingerprint density at radius 2 is 1.71 bits per heavy atom. The topological polar surface area (TPSA) is 106 Å². The van der Waals surface area contributed by atoms with Crippen LogP contribution in [0.5, 0.6) is 0 Å². The van der Waals surface area contributed by atoms with Crippen LogP contribution in [0.3, 0.4) is 0 Å². The van der Waals surface area contributed by atoms with Gasteiger partial charge in [0.15, 0.2) is 0 Å². The van der Waals surface area contributed by atoms with Crippen molar-refractivity contribution >= 4 is 45.6 Å². The average Bonchev–Trinajstić information content (AvgIpc) is 3.23. The van der Waals surface area contributed by atoms with Crippen LogP contribution < -0.4 is 10.2 Å². The SMILES string of the molecule is CCN(CC)c1ccc(-n2nc3cc(C)c(NC(=O)c4ccc(Cl)c([N+](=O)[O-])c4)cc3n2)cc1. The molecule has 0 radical (unpaired) electrons. The van der Waals surface area contributed by atoms with Gasteiger partial charge in [-0.1, -0.05) is 11.6 Å². The van der Waals surface area contributed by atoms with Gasteiger partial charge >= 0.3 is 0 Å². The fraction of sp³-hybridized carbons (Fsp3) is 0.208. The number of nitro groups is 1. The molecule has 1 heterocycles. The Morgan fingerprint density at radius 1 is 1.06 bits per heavy atom. The molecule has 1 aromatic heterocycles. The molecule has 0 spiro atoms. The van der Waals surface area contributed by atoms with E-state index in [0.29, 0.717) is 16.7 Å². The number of carbonyl (C=O) groups is 1. The van der Waals surface area contributed by atoms with Gasteiger partial charge < -0.3 is 10.2 Å². The van der Waals surface area contributed by atoms with Crippen molar-refractivity contribution in [1.82, 2.24) is 15.0 Å². The highest BCUT2D eigenvalue weighted by Gasteiger charge is 2.17. The van der Waals surface area contributed by atoms with Crippen LogP contribution in [0.2, 0.25) is 5.02 Å². The van der Waals surface area contributed by atoms with E-state index >= 15 is 0 Å². The number of nitro benzene ring substituents is 1. The summed E-state index contributed by atoms with van der Waals surface area (Å²) >= 11 is 5.85. The maximum absolute atomic E-state index is 12.7. The van der Waals surface area contributed by atoms with Crippen LogP contribution in [0.4, 0.5) is 17.1 Å². The van der Waals surface area contributed by atoms with Gasteiger partial charge in [-0.3, -0.25) is 14.9 Å². The van der Waals surface area contributed by atoms with E-state index < -0.39 is 10.8 Å². The van der Waals surface area contributed by atoms with Crippen LogP contribution in [-0.4, -0.2) is 38.9 Å². The maximum Gasteiger partial charge on any atom is 0.288 e. The Labute approximate surface area is 201 Å². The highest BCUT2D eigenvalue weighted by molar-refractivity contribution is 6.32. The van der Waals surface area contributed by atoms with E-state index in [0.717, 1.165) is 36.1 Å². The molecule has 34 heavy (non-hydrogen) atoms. The lowest BCUT2D eigenvalue weighted by Gasteiger charge is -2.20. The number of halogens is 1. The molecule has 4 rings (SSSR count). The molecule has 3 aromatic carbocycles. The van der Waals surface area contributed by atoms with Crippen molar-refractivity contribution in [3.05, 3.63) is 80.9 Å². The number of benzene rings is 3. The third-order valence-corrected chi connectivity index (χ3v) is 5.91. The molecule has 0 fully saturated rings. The quantitative estimate of drug-likeness (QED) is 0.282. The molecule has 0 saturated carbocycles. The van der Waals surface area contributed by atoms with Crippen molar-refractivity contribution < 1.29 is 9.72 Å². The minimum Gasteiger partial charge on any atom is -0.372 e. The van der Waals surface area contributed by atoms with Gasteiger partial charge in [0.05, 0.1) is 10.6 Å². The Balaban J connectivity index is 1.60. The van der Waals surface area contributed by atoms with Crippen molar-refractivity contribution in [3.8, 4) is 5.69 Å². The van der Waals surface area contributed by atoms with Crippen molar-refractivity contribution in [1.29, 1.82) is 0 Å². The van der Waals surface area contributed by atoms with Crippen LogP contribution in [0, 0.1) is 17.0 Å². The summed E-state index contributed by atoms with van der Waals surface area (Å²) in [6.45, 7) is 7.93. The molecule has 10 heteroatoms. The second-order valence-electron chi connectivity index (χ2n) is 7.71. The summed E-state index contributed by atoms with van der Waals surface area (Å²) in [7, 11) is 0. The van der Waals surface area contributed by atoms with Crippen LogP contribution in [-0.2, 0) is 0 Å². The lowest BCUT2D eigenvalue weighted by atomic mass is 10.1. The number of fused-ring (bicyclic) bond motifs is 1. The Kier molecular flexibility index (Phi) is 6.47. The summed E-state index contributed by atoms with van der Waals surface area (Å²) in [4.78, 5) is 27.0. The first-order valence-corrected chi connectivity index (χ1v) is 11.2. The number of aromatic nitrogens is 3. The second-order valence-corrected chi connectivity index (χ2v) is 8.12. The monoisotopic (exact) mass is 478 g/mol. The van der Waals surface area contributed by atoms with Gasteiger partial charge in [0, 0.05) is 36.1 Å². The molecular weight excluding hydrogens is 456 g/mol. The summed E-state index contributed by atoms with van der Waals surface area (Å²) < 4.78 is 0. The van der Waals surface area contributed by atoms with Crippen LogP contribution >= 0.6 is 11.6 Å². The molecule has 9 nitrogen and oxygen atoms in total.